The minimum atomic E-state index is -0.478. The van der Waals surface area contributed by atoms with Crippen LogP contribution in [0.4, 0.5) is 5.69 Å². The van der Waals surface area contributed by atoms with E-state index in [4.69, 9.17) is 9.84 Å². The molecular weight excluding hydrogens is 460 g/mol. The number of para-hydroxylation sites is 1. The summed E-state index contributed by atoms with van der Waals surface area (Å²) < 4.78 is 7.41. The van der Waals surface area contributed by atoms with E-state index >= 15 is 0 Å². The summed E-state index contributed by atoms with van der Waals surface area (Å²) in [5.74, 6) is 0.250. The second kappa shape index (κ2) is 11.2. The number of nitrogens with zero attached hydrogens (tertiary/aromatic N) is 3. The molecule has 0 unspecified atom stereocenters. The largest absolute Gasteiger partial charge is 0.490 e. The average Bonchev–Trinajstić information content (AvgIpc) is 3.32. The number of aromatic nitrogens is 2. The molecule has 0 radical (unpaired) electrons. The second-order valence-electron chi connectivity index (χ2n) is 8.71. The molecule has 3 aromatic carbocycles. The number of carbonyl (C=O) groups excluding carboxylic acids is 1. The first kappa shape index (κ1) is 25.2. The third kappa shape index (κ3) is 5.85. The summed E-state index contributed by atoms with van der Waals surface area (Å²) in [6.07, 6.45) is 5.10. The molecule has 1 heterocycles. The van der Waals surface area contributed by atoms with Crippen molar-refractivity contribution >= 4 is 17.7 Å². The van der Waals surface area contributed by atoms with Crippen molar-refractivity contribution in [2.75, 3.05) is 11.9 Å². The number of nitriles is 1. The zero-order valence-corrected chi connectivity index (χ0v) is 21.2. The molecule has 4 rings (SSSR count). The normalized spacial score (nSPS) is 11.0. The number of hydrogen-bond acceptors (Lipinski definition) is 4. The molecule has 1 N–H and O–H groups in total. The lowest BCUT2D eigenvalue weighted by Crippen LogP contribution is -2.13. The summed E-state index contributed by atoms with van der Waals surface area (Å²) in [7, 11) is 0. The number of carbonyl (C=O) groups is 1. The van der Waals surface area contributed by atoms with Gasteiger partial charge in [-0.25, -0.2) is 4.68 Å². The van der Waals surface area contributed by atoms with Gasteiger partial charge in [-0.3, -0.25) is 4.79 Å². The molecule has 0 aliphatic heterocycles. The molecule has 4 aromatic rings. The predicted molar refractivity (Wildman–Crippen MR) is 148 cm³/mol. The minimum absolute atomic E-state index is 0.0179. The summed E-state index contributed by atoms with van der Waals surface area (Å²) in [4.78, 5) is 13.0. The molecule has 0 saturated carbocycles. The van der Waals surface area contributed by atoms with Gasteiger partial charge in [0.25, 0.3) is 5.91 Å². The number of nitrogens with one attached hydrogen (secondary N) is 1. The van der Waals surface area contributed by atoms with E-state index in [1.165, 1.54) is 0 Å². The molecule has 0 atom stereocenters. The first-order valence-electron chi connectivity index (χ1n) is 11.9. The summed E-state index contributed by atoms with van der Waals surface area (Å²) in [6.45, 7) is 10.1. The Kier molecular flexibility index (Phi) is 7.65. The maximum absolute atomic E-state index is 13.0. The summed E-state index contributed by atoms with van der Waals surface area (Å²) in [5.41, 5.74) is 6.81. The zero-order chi connectivity index (χ0) is 26.4. The quantitative estimate of drug-likeness (QED) is 0.173. The van der Waals surface area contributed by atoms with Gasteiger partial charge in [0.15, 0.2) is 0 Å². The number of benzene rings is 3. The van der Waals surface area contributed by atoms with Crippen molar-refractivity contribution in [1.82, 2.24) is 9.78 Å². The number of rotatable bonds is 8. The number of aryl methyl sites for hydroxylation is 3. The fourth-order valence-corrected chi connectivity index (χ4v) is 3.88. The molecule has 0 saturated heterocycles. The Hall–Kier alpha value is -4.89. The highest BCUT2D eigenvalue weighted by Gasteiger charge is 2.17. The third-order valence-electron chi connectivity index (χ3n) is 6.01. The molecule has 6 heteroatoms. The van der Waals surface area contributed by atoms with Gasteiger partial charge < -0.3 is 10.1 Å². The number of hydrogen-bond donors (Lipinski definition) is 1. The number of ether oxygens (including phenoxy) is 1. The smallest absolute Gasteiger partial charge is 0.266 e. The van der Waals surface area contributed by atoms with Crippen LogP contribution in [0.3, 0.4) is 0 Å². The van der Waals surface area contributed by atoms with Gasteiger partial charge in [-0.15, -0.1) is 0 Å². The van der Waals surface area contributed by atoms with Crippen LogP contribution in [0.25, 0.3) is 23.0 Å². The molecule has 0 bridgehead atoms. The standard InChI is InChI=1S/C31H28N4O2/c1-5-15-37-28-13-14-29(23(4)17-28)30-25(20-35(34-30)27-9-7-6-8-10-27)18-24(19-32)31(36)33-26-12-11-21(2)22(3)16-26/h5-14,16-18,20H,1,15H2,2-4H3,(H,33,36). The Morgan fingerprint density at radius 2 is 1.84 bits per heavy atom. The lowest BCUT2D eigenvalue weighted by atomic mass is 10.0. The Morgan fingerprint density at radius 3 is 2.51 bits per heavy atom. The van der Waals surface area contributed by atoms with E-state index in [2.05, 4.69) is 18.0 Å². The molecule has 1 aromatic heterocycles. The Morgan fingerprint density at radius 1 is 1.05 bits per heavy atom. The molecule has 1 amide bonds. The van der Waals surface area contributed by atoms with Gasteiger partial charge in [0.1, 0.15) is 29.7 Å². The summed E-state index contributed by atoms with van der Waals surface area (Å²) in [5, 5.41) is 17.5. The van der Waals surface area contributed by atoms with Crippen molar-refractivity contribution in [2.45, 2.75) is 20.8 Å². The van der Waals surface area contributed by atoms with Crippen LogP contribution in [-0.2, 0) is 4.79 Å². The first-order chi connectivity index (χ1) is 17.9. The average molecular weight is 489 g/mol. The van der Waals surface area contributed by atoms with E-state index in [1.807, 2.05) is 93.7 Å². The molecular formula is C31H28N4O2. The highest BCUT2D eigenvalue weighted by Crippen LogP contribution is 2.31. The molecule has 0 aliphatic rings. The van der Waals surface area contributed by atoms with E-state index in [0.29, 0.717) is 23.6 Å². The van der Waals surface area contributed by atoms with Crippen LogP contribution in [0, 0.1) is 32.1 Å². The molecule has 0 spiro atoms. The maximum Gasteiger partial charge on any atom is 0.266 e. The second-order valence-corrected chi connectivity index (χ2v) is 8.71. The van der Waals surface area contributed by atoms with Crippen LogP contribution >= 0.6 is 0 Å². The van der Waals surface area contributed by atoms with Crippen molar-refractivity contribution in [1.29, 1.82) is 5.26 Å². The number of amides is 1. The van der Waals surface area contributed by atoms with Crippen LogP contribution < -0.4 is 10.1 Å². The lowest BCUT2D eigenvalue weighted by Gasteiger charge is -2.09. The van der Waals surface area contributed by atoms with E-state index in [-0.39, 0.29) is 5.57 Å². The maximum atomic E-state index is 13.0. The van der Waals surface area contributed by atoms with Gasteiger partial charge in [0, 0.05) is 23.0 Å². The van der Waals surface area contributed by atoms with Gasteiger partial charge in [0.2, 0.25) is 0 Å². The molecule has 0 fully saturated rings. The van der Waals surface area contributed by atoms with E-state index in [1.54, 1.807) is 16.8 Å². The highest BCUT2D eigenvalue weighted by atomic mass is 16.5. The summed E-state index contributed by atoms with van der Waals surface area (Å²) >= 11 is 0. The Balaban J connectivity index is 1.75. The Bertz CT molecular complexity index is 1520. The molecule has 6 nitrogen and oxygen atoms in total. The van der Waals surface area contributed by atoms with Crippen molar-refractivity contribution in [2.24, 2.45) is 0 Å². The fraction of sp³-hybridized carbons (Fsp3) is 0.129. The SMILES string of the molecule is C=CCOc1ccc(-c2nn(-c3ccccc3)cc2C=C(C#N)C(=O)Nc2ccc(C)c(C)c2)c(C)c1. The highest BCUT2D eigenvalue weighted by molar-refractivity contribution is 6.10. The Labute approximate surface area is 217 Å². The van der Waals surface area contributed by atoms with Gasteiger partial charge in [-0.05, 0) is 86.0 Å². The van der Waals surface area contributed by atoms with Crippen LogP contribution in [0.15, 0.2) is 91.2 Å². The van der Waals surface area contributed by atoms with Gasteiger partial charge in [-0.2, -0.15) is 10.4 Å². The van der Waals surface area contributed by atoms with Gasteiger partial charge in [-0.1, -0.05) is 36.9 Å². The van der Waals surface area contributed by atoms with Gasteiger partial charge in [0.05, 0.1) is 5.69 Å². The van der Waals surface area contributed by atoms with Crippen LogP contribution in [-0.4, -0.2) is 22.3 Å². The molecule has 37 heavy (non-hydrogen) atoms. The fourth-order valence-electron chi connectivity index (χ4n) is 3.88. The van der Waals surface area contributed by atoms with Crippen LogP contribution in [0.5, 0.6) is 5.75 Å². The van der Waals surface area contributed by atoms with Gasteiger partial charge >= 0.3 is 0 Å². The molecule has 0 aliphatic carbocycles. The monoisotopic (exact) mass is 488 g/mol. The summed E-state index contributed by atoms with van der Waals surface area (Å²) in [6, 6.07) is 23.1. The van der Waals surface area contributed by atoms with Crippen molar-refractivity contribution in [3.8, 4) is 28.8 Å². The van der Waals surface area contributed by atoms with Crippen molar-refractivity contribution in [3.05, 3.63) is 113 Å². The van der Waals surface area contributed by atoms with Crippen molar-refractivity contribution < 1.29 is 9.53 Å². The van der Waals surface area contributed by atoms with E-state index in [9.17, 15) is 10.1 Å². The predicted octanol–water partition coefficient (Wildman–Crippen LogP) is 6.58. The van der Waals surface area contributed by atoms with E-state index < -0.39 is 5.91 Å². The number of anilines is 1. The topological polar surface area (TPSA) is 79.9 Å². The van der Waals surface area contributed by atoms with Crippen molar-refractivity contribution in [3.63, 3.8) is 0 Å². The third-order valence-corrected chi connectivity index (χ3v) is 6.01. The minimum Gasteiger partial charge on any atom is -0.490 e. The van der Waals surface area contributed by atoms with Crippen LogP contribution in [0.1, 0.15) is 22.3 Å². The van der Waals surface area contributed by atoms with E-state index in [0.717, 1.165) is 33.7 Å². The first-order valence-corrected chi connectivity index (χ1v) is 11.9. The lowest BCUT2D eigenvalue weighted by molar-refractivity contribution is -0.112. The zero-order valence-electron chi connectivity index (χ0n) is 21.2. The molecule has 184 valence electrons. The van der Waals surface area contributed by atoms with Crippen LogP contribution in [0.2, 0.25) is 0 Å².